The Hall–Kier alpha value is -2.80. The maximum absolute atomic E-state index is 12.3. The Balaban J connectivity index is 1.54. The minimum absolute atomic E-state index is 0.187. The molecule has 0 N–H and O–H groups in total. The van der Waals surface area contributed by atoms with Gasteiger partial charge in [0.1, 0.15) is 0 Å². The van der Waals surface area contributed by atoms with Gasteiger partial charge in [-0.05, 0) is 35.6 Å². The Morgan fingerprint density at radius 3 is 2.85 bits per heavy atom. The number of hydrogen-bond acceptors (Lipinski definition) is 6. The number of thiophene rings is 1. The molecule has 6 nitrogen and oxygen atoms in total. The van der Waals surface area contributed by atoms with Crippen LogP contribution in [0.4, 0.5) is 0 Å². The first kappa shape index (κ1) is 19.0. The number of carbonyl (C=O) groups is 2. The molecular formula is C20H21NO5S. The van der Waals surface area contributed by atoms with E-state index in [0.717, 1.165) is 6.42 Å². The van der Waals surface area contributed by atoms with Crippen LogP contribution in [0, 0.1) is 0 Å². The van der Waals surface area contributed by atoms with Crippen molar-refractivity contribution in [2.75, 3.05) is 27.4 Å². The third kappa shape index (κ3) is 4.49. The summed E-state index contributed by atoms with van der Waals surface area (Å²) >= 11 is 1.72. The first-order chi connectivity index (χ1) is 13.1. The zero-order chi connectivity index (χ0) is 19.2. The second-order valence-electron chi connectivity index (χ2n) is 5.96. The van der Waals surface area contributed by atoms with E-state index in [1.807, 2.05) is 11.4 Å². The number of hydrogen-bond donors (Lipinski definition) is 0. The highest BCUT2D eigenvalue weighted by molar-refractivity contribution is 7.10. The number of benzene rings is 1. The number of rotatable bonds is 6. The van der Waals surface area contributed by atoms with Gasteiger partial charge >= 0.3 is 5.97 Å². The lowest BCUT2D eigenvalue weighted by atomic mass is 10.1. The number of methoxy groups -OCH3 is 2. The molecule has 0 atom stereocenters. The molecule has 7 heteroatoms. The van der Waals surface area contributed by atoms with Crippen molar-refractivity contribution in [1.82, 2.24) is 4.90 Å². The van der Waals surface area contributed by atoms with Crippen LogP contribution in [0.2, 0.25) is 0 Å². The fourth-order valence-electron chi connectivity index (χ4n) is 2.93. The molecular weight excluding hydrogens is 366 g/mol. The lowest BCUT2D eigenvalue weighted by Crippen LogP contribution is -2.38. The van der Waals surface area contributed by atoms with Crippen molar-refractivity contribution >= 4 is 29.3 Å². The zero-order valence-corrected chi connectivity index (χ0v) is 16.1. The van der Waals surface area contributed by atoms with Gasteiger partial charge in [-0.1, -0.05) is 12.1 Å². The van der Waals surface area contributed by atoms with E-state index in [1.54, 1.807) is 47.6 Å². The van der Waals surface area contributed by atoms with Crippen molar-refractivity contribution in [2.45, 2.75) is 13.0 Å². The van der Waals surface area contributed by atoms with Crippen LogP contribution in [0.1, 0.15) is 16.0 Å². The summed E-state index contributed by atoms with van der Waals surface area (Å²) in [5, 5.41) is 2.04. The Morgan fingerprint density at radius 2 is 2.07 bits per heavy atom. The highest BCUT2D eigenvalue weighted by Crippen LogP contribution is 2.31. The molecule has 0 spiro atoms. The van der Waals surface area contributed by atoms with Crippen LogP contribution in [-0.4, -0.2) is 44.1 Å². The van der Waals surface area contributed by atoms with Crippen molar-refractivity contribution < 1.29 is 23.8 Å². The van der Waals surface area contributed by atoms with E-state index in [2.05, 4.69) is 0 Å². The molecule has 0 unspecified atom stereocenters. The number of ether oxygens (including phenoxy) is 3. The summed E-state index contributed by atoms with van der Waals surface area (Å²) in [6.07, 6.45) is 3.70. The van der Waals surface area contributed by atoms with Gasteiger partial charge in [-0.3, -0.25) is 4.79 Å². The third-order valence-corrected chi connectivity index (χ3v) is 5.35. The number of amides is 1. The average Bonchev–Trinajstić information content (AvgIpc) is 3.17. The lowest BCUT2D eigenvalue weighted by molar-refractivity contribution is -0.148. The second-order valence-corrected chi connectivity index (χ2v) is 6.96. The van der Waals surface area contributed by atoms with E-state index < -0.39 is 5.97 Å². The van der Waals surface area contributed by atoms with Crippen molar-refractivity contribution in [3.05, 3.63) is 51.7 Å². The van der Waals surface area contributed by atoms with Crippen LogP contribution >= 0.6 is 11.3 Å². The van der Waals surface area contributed by atoms with Crippen molar-refractivity contribution in [1.29, 1.82) is 0 Å². The van der Waals surface area contributed by atoms with Gasteiger partial charge in [0.2, 0.25) is 0 Å². The van der Waals surface area contributed by atoms with Crippen molar-refractivity contribution in [2.24, 2.45) is 0 Å². The number of fused-ring (bicyclic) bond motifs is 1. The van der Waals surface area contributed by atoms with Gasteiger partial charge in [0.05, 0.1) is 14.2 Å². The highest BCUT2D eigenvalue weighted by atomic mass is 32.1. The van der Waals surface area contributed by atoms with Gasteiger partial charge in [0.15, 0.2) is 18.1 Å². The van der Waals surface area contributed by atoms with Crippen molar-refractivity contribution in [3.63, 3.8) is 0 Å². The van der Waals surface area contributed by atoms with Crippen LogP contribution in [-0.2, 0) is 27.3 Å². The molecule has 2 aromatic rings. The van der Waals surface area contributed by atoms with E-state index in [1.165, 1.54) is 23.6 Å². The minimum Gasteiger partial charge on any atom is -0.493 e. The molecule has 0 saturated heterocycles. The molecule has 3 rings (SSSR count). The summed E-state index contributed by atoms with van der Waals surface area (Å²) in [7, 11) is 3.08. The summed E-state index contributed by atoms with van der Waals surface area (Å²) < 4.78 is 15.6. The van der Waals surface area contributed by atoms with Crippen LogP contribution in [0.5, 0.6) is 11.5 Å². The van der Waals surface area contributed by atoms with Gasteiger partial charge < -0.3 is 19.1 Å². The van der Waals surface area contributed by atoms with Crippen LogP contribution in [0.3, 0.4) is 0 Å². The lowest BCUT2D eigenvalue weighted by Gasteiger charge is -2.26. The van der Waals surface area contributed by atoms with E-state index in [4.69, 9.17) is 14.2 Å². The average molecular weight is 387 g/mol. The number of para-hydroxylation sites is 1. The fraction of sp³-hybridized carbons (Fsp3) is 0.300. The van der Waals surface area contributed by atoms with E-state index in [9.17, 15) is 9.59 Å². The highest BCUT2D eigenvalue weighted by Gasteiger charge is 2.22. The molecule has 142 valence electrons. The van der Waals surface area contributed by atoms with E-state index in [-0.39, 0.29) is 12.5 Å². The van der Waals surface area contributed by atoms with Gasteiger partial charge in [-0.25, -0.2) is 4.79 Å². The minimum atomic E-state index is -0.582. The fourth-order valence-corrected chi connectivity index (χ4v) is 3.82. The summed E-state index contributed by atoms with van der Waals surface area (Å²) in [6.45, 7) is 0.963. The SMILES string of the molecule is COc1cccc(/C=C/C(=O)OCC(=O)N2CCc3sccc3C2)c1OC. The molecule has 27 heavy (non-hydrogen) atoms. The Bertz CT molecular complexity index is 858. The predicted molar refractivity (Wildman–Crippen MR) is 103 cm³/mol. The van der Waals surface area contributed by atoms with Crippen LogP contribution in [0.25, 0.3) is 6.08 Å². The molecule has 0 radical (unpaired) electrons. The quantitative estimate of drug-likeness (QED) is 0.563. The summed E-state index contributed by atoms with van der Waals surface area (Å²) in [6, 6.07) is 7.40. The third-order valence-electron chi connectivity index (χ3n) is 4.33. The normalized spacial score (nSPS) is 13.3. The molecule has 2 heterocycles. The first-order valence-electron chi connectivity index (χ1n) is 8.51. The number of nitrogens with zero attached hydrogens (tertiary/aromatic N) is 1. The smallest absolute Gasteiger partial charge is 0.331 e. The van der Waals surface area contributed by atoms with Gasteiger partial charge in [0, 0.05) is 29.6 Å². The molecule has 1 aromatic heterocycles. The molecule has 1 aliphatic rings. The molecule has 1 aliphatic heterocycles. The molecule has 0 fully saturated rings. The molecule has 1 amide bonds. The number of carbonyl (C=O) groups excluding carboxylic acids is 2. The largest absolute Gasteiger partial charge is 0.493 e. The molecule has 1 aromatic carbocycles. The Labute approximate surface area is 162 Å². The Kier molecular flexibility index (Phi) is 6.13. The Morgan fingerprint density at radius 1 is 1.22 bits per heavy atom. The summed E-state index contributed by atoms with van der Waals surface area (Å²) in [5.74, 6) is 0.329. The topological polar surface area (TPSA) is 65.1 Å². The van der Waals surface area contributed by atoms with Crippen molar-refractivity contribution in [3.8, 4) is 11.5 Å². The van der Waals surface area contributed by atoms with E-state index in [0.29, 0.717) is 30.2 Å². The van der Waals surface area contributed by atoms with E-state index >= 15 is 0 Å². The predicted octanol–water partition coefficient (Wildman–Crippen LogP) is 2.91. The molecule has 0 saturated carbocycles. The standard InChI is InChI=1S/C20H21NO5S/c1-24-16-5-3-4-14(20(16)25-2)6-7-19(23)26-13-18(22)21-10-8-17-15(12-21)9-11-27-17/h3-7,9,11H,8,10,12-13H2,1-2H3/b7-6+. The number of esters is 1. The second kappa shape index (κ2) is 8.73. The zero-order valence-electron chi connectivity index (χ0n) is 15.3. The van der Waals surface area contributed by atoms with Gasteiger partial charge in [-0.15, -0.1) is 11.3 Å². The van der Waals surface area contributed by atoms with Gasteiger partial charge in [0.25, 0.3) is 5.91 Å². The monoisotopic (exact) mass is 387 g/mol. The first-order valence-corrected chi connectivity index (χ1v) is 9.39. The molecule has 0 bridgehead atoms. The molecule has 0 aliphatic carbocycles. The summed E-state index contributed by atoms with van der Waals surface area (Å²) in [5.41, 5.74) is 1.86. The van der Waals surface area contributed by atoms with Crippen LogP contribution < -0.4 is 9.47 Å². The van der Waals surface area contributed by atoms with Crippen LogP contribution in [0.15, 0.2) is 35.7 Å². The van der Waals surface area contributed by atoms with Gasteiger partial charge in [-0.2, -0.15) is 0 Å². The maximum atomic E-state index is 12.3. The summed E-state index contributed by atoms with van der Waals surface area (Å²) in [4.78, 5) is 27.3. The maximum Gasteiger partial charge on any atom is 0.331 e.